The fraction of sp³-hybridized carbons (Fsp3) is 0.667. The van der Waals surface area contributed by atoms with Gasteiger partial charge in [-0.25, -0.2) is 0 Å². The van der Waals surface area contributed by atoms with Crippen LogP contribution >= 0.6 is 0 Å². The van der Waals surface area contributed by atoms with Crippen molar-refractivity contribution < 1.29 is 14.6 Å². The van der Waals surface area contributed by atoms with Crippen LogP contribution in [0.25, 0.3) is 0 Å². The highest BCUT2D eigenvalue weighted by Gasteiger charge is 2.36. The second kappa shape index (κ2) is 6.19. The Balaban J connectivity index is 1.53. The van der Waals surface area contributed by atoms with Crippen LogP contribution in [0.3, 0.4) is 0 Å². The van der Waals surface area contributed by atoms with E-state index in [1.54, 1.807) is 0 Å². The van der Waals surface area contributed by atoms with Crippen LogP contribution in [0.15, 0.2) is 18.2 Å². The zero-order valence-electron chi connectivity index (χ0n) is 13.0. The van der Waals surface area contributed by atoms with Crippen LogP contribution < -0.4 is 10.1 Å². The predicted molar refractivity (Wildman–Crippen MR) is 84.1 cm³/mol. The Hall–Kier alpha value is -1.10. The minimum absolute atomic E-state index is 0.109. The third-order valence-corrected chi connectivity index (χ3v) is 5.33. The van der Waals surface area contributed by atoms with Crippen LogP contribution in [0.5, 0.6) is 5.75 Å². The summed E-state index contributed by atoms with van der Waals surface area (Å²) in [6.45, 7) is 2.52. The molecule has 1 aliphatic carbocycles. The van der Waals surface area contributed by atoms with Gasteiger partial charge in [0.25, 0.3) is 0 Å². The number of ether oxygens (including phenoxy) is 2. The van der Waals surface area contributed by atoms with Crippen LogP contribution in [0.2, 0.25) is 0 Å². The van der Waals surface area contributed by atoms with Crippen LogP contribution in [0.1, 0.15) is 42.9 Å². The number of hydrogen-bond donors (Lipinski definition) is 2. The summed E-state index contributed by atoms with van der Waals surface area (Å²) in [4.78, 5) is 0. The predicted octanol–water partition coefficient (Wildman–Crippen LogP) is 2.20. The molecule has 2 N–H and O–H groups in total. The summed E-state index contributed by atoms with van der Waals surface area (Å²) in [5.74, 6) is 1.58. The van der Waals surface area contributed by atoms with Gasteiger partial charge in [0.1, 0.15) is 5.75 Å². The van der Waals surface area contributed by atoms with Crippen molar-refractivity contribution in [3.05, 3.63) is 29.3 Å². The molecular formula is C18H25NO3. The molecule has 0 bridgehead atoms. The third kappa shape index (κ3) is 2.87. The molecule has 120 valence electrons. The smallest absolute Gasteiger partial charge is 0.122 e. The first-order valence-electron chi connectivity index (χ1n) is 8.57. The third-order valence-electron chi connectivity index (χ3n) is 5.33. The maximum absolute atomic E-state index is 9.71. The molecule has 4 heteroatoms. The molecular weight excluding hydrogens is 278 g/mol. The Kier molecular flexibility index (Phi) is 4.07. The Bertz CT molecular complexity index is 521. The van der Waals surface area contributed by atoms with E-state index in [0.717, 1.165) is 57.7 Å². The summed E-state index contributed by atoms with van der Waals surface area (Å²) in [5, 5.41) is 13.6. The van der Waals surface area contributed by atoms with Crippen molar-refractivity contribution in [2.24, 2.45) is 5.92 Å². The number of nitrogens with one attached hydrogen (secondary N) is 1. The standard InChI is InChI=1S/C18H25NO3/c20-16-10-14(11-16)18(19-15-4-6-21-7-5-15)13-1-2-17-12(9-13)3-8-22-17/h1-2,9,14-16,18-20H,3-8,10-11H2/t14?,16?,18-/m1/s1. The molecule has 22 heavy (non-hydrogen) atoms. The van der Waals surface area contributed by atoms with E-state index in [9.17, 15) is 5.11 Å². The lowest BCUT2D eigenvalue weighted by molar-refractivity contribution is 0.0146. The SMILES string of the molecule is OC1CC([C@H](NC2CCOCC2)c2ccc3c(c2)CCO3)C1. The van der Waals surface area contributed by atoms with E-state index in [-0.39, 0.29) is 6.10 Å². The van der Waals surface area contributed by atoms with Gasteiger partial charge in [-0.3, -0.25) is 0 Å². The first-order chi connectivity index (χ1) is 10.8. The van der Waals surface area contributed by atoms with Crippen LogP contribution in [-0.2, 0) is 11.2 Å². The summed E-state index contributed by atoms with van der Waals surface area (Å²) in [6.07, 6.45) is 4.89. The lowest BCUT2D eigenvalue weighted by Crippen LogP contribution is -2.44. The monoisotopic (exact) mass is 303 g/mol. The molecule has 1 aromatic carbocycles. The van der Waals surface area contributed by atoms with Gasteiger partial charge in [0.15, 0.2) is 0 Å². The molecule has 2 aliphatic heterocycles. The summed E-state index contributed by atoms with van der Waals surface area (Å²) in [7, 11) is 0. The molecule has 0 spiro atoms. The highest BCUT2D eigenvalue weighted by atomic mass is 16.5. The Morgan fingerprint density at radius 3 is 2.73 bits per heavy atom. The van der Waals surface area contributed by atoms with Crippen LogP contribution in [0.4, 0.5) is 0 Å². The average molecular weight is 303 g/mol. The van der Waals surface area contributed by atoms with E-state index in [4.69, 9.17) is 9.47 Å². The Morgan fingerprint density at radius 1 is 1.14 bits per heavy atom. The highest BCUT2D eigenvalue weighted by molar-refractivity contribution is 5.41. The number of aliphatic hydroxyl groups is 1. The molecule has 4 rings (SSSR count). The average Bonchev–Trinajstić information content (AvgIpc) is 2.98. The van der Waals surface area contributed by atoms with Gasteiger partial charge in [-0.1, -0.05) is 12.1 Å². The summed E-state index contributed by atoms with van der Waals surface area (Å²) in [6, 6.07) is 7.50. The zero-order valence-corrected chi connectivity index (χ0v) is 13.0. The van der Waals surface area contributed by atoms with Crippen molar-refractivity contribution in [1.82, 2.24) is 5.32 Å². The molecule has 1 saturated carbocycles. The first kappa shape index (κ1) is 14.5. The van der Waals surface area contributed by atoms with E-state index in [2.05, 4.69) is 23.5 Å². The number of hydrogen-bond acceptors (Lipinski definition) is 4. The molecule has 1 saturated heterocycles. The van der Waals surface area contributed by atoms with E-state index < -0.39 is 0 Å². The topological polar surface area (TPSA) is 50.7 Å². The van der Waals surface area contributed by atoms with E-state index in [1.807, 2.05) is 0 Å². The van der Waals surface area contributed by atoms with E-state index in [1.165, 1.54) is 11.1 Å². The number of aliphatic hydroxyl groups excluding tert-OH is 1. The van der Waals surface area contributed by atoms with Gasteiger partial charge in [-0.2, -0.15) is 0 Å². The largest absolute Gasteiger partial charge is 0.493 e. The maximum Gasteiger partial charge on any atom is 0.122 e. The van der Waals surface area contributed by atoms with Crippen molar-refractivity contribution in [2.75, 3.05) is 19.8 Å². The van der Waals surface area contributed by atoms with Gasteiger partial charge >= 0.3 is 0 Å². The fourth-order valence-corrected chi connectivity index (χ4v) is 3.92. The van der Waals surface area contributed by atoms with E-state index >= 15 is 0 Å². The van der Waals surface area contributed by atoms with Crippen molar-refractivity contribution in [3.63, 3.8) is 0 Å². The summed E-state index contributed by atoms with van der Waals surface area (Å²) < 4.78 is 11.1. The van der Waals surface area contributed by atoms with Crippen LogP contribution in [0, 0.1) is 5.92 Å². The quantitative estimate of drug-likeness (QED) is 0.895. The molecule has 1 atom stereocenters. The first-order valence-corrected chi connectivity index (χ1v) is 8.57. The summed E-state index contributed by atoms with van der Waals surface area (Å²) >= 11 is 0. The van der Waals surface area contributed by atoms with Gasteiger partial charge in [-0.05, 0) is 48.8 Å². The molecule has 1 aromatic rings. The van der Waals surface area contributed by atoms with Gasteiger partial charge in [0, 0.05) is 31.7 Å². The normalized spacial score (nSPS) is 29.5. The second-order valence-corrected chi connectivity index (χ2v) is 6.88. The lowest BCUT2D eigenvalue weighted by atomic mass is 9.74. The van der Waals surface area contributed by atoms with Gasteiger partial charge in [0.05, 0.1) is 12.7 Å². The maximum atomic E-state index is 9.71. The lowest BCUT2D eigenvalue weighted by Gasteiger charge is -2.41. The van der Waals surface area contributed by atoms with Crippen molar-refractivity contribution in [3.8, 4) is 5.75 Å². The van der Waals surface area contributed by atoms with Gasteiger partial charge in [-0.15, -0.1) is 0 Å². The molecule has 4 nitrogen and oxygen atoms in total. The fourth-order valence-electron chi connectivity index (χ4n) is 3.92. The minimum atomic E-state index is -0.109. The zero-order chi connectivity index (χ0) is 14.9. The minimum Gasteiger partial charge on any atom is -0.493 e. The van der Waals surface area contributed by atoms with Crippen LogP contribution in [-0.4, -0.2) is 37.1 Å². The number of fused-ring (bicyclic) bond motifs is 1. The Labute approximate surface area is 131 Å². The van der Waals surface area contributed by atoms with E-state index in [0.29, 0.717) is 18.0 Å². The van der Waals surface area contributed by atoms with Gasteiger partial charge < -0.3 is 19.9 Å². The molecule has 0 radical (unpaired) electrons. The summed E-state index contributed by atoms with van der Waals surface area (Å²) in [5.41, 5.74) is 2.68. The highest BCUT2D eigenvalue weighted by Crippen LogP contribution is 2.40. The van der Waals surface area contributed by atoms with Crippen molar-refractivity contribution in [2.45, 2.75) is 50.3 Å². The number of rotatable bonds is 4. The molecule has 0 aromatic heterocycles. The Morgan fingerprint density at radius 2 is 1.95 bits per heavy atom. The molecule has 2 fully saturated rings. The number of benzene rings is 1. The molecule has 0 unspecified atom stereocenters. The molecule has 3 aliphatic rings. The molecule has 2 heterocycles. The van der Waals surface area contributed by atoms with Gasteiger partial charge in [0.2, 0.25) is 0 Å². The van der Waals surface area contributed by atoms with Crippen molar-refractivity contribution >= 4 is 0 Å². The second-order valence-electron chi connectivity index (χ2n) is 6.88. The molecule has 0 amide bonds. The van der Waals surface area contributed by atoms with Crippen molar-refractivity contribution in [1.29, 1.82) is 0 Å².